The molecule has 0 fully saturated rings. The van der Waals surface area contributed by atoms with E-state index in [4.69, 9.17) is 4.74 Å². The van der Waals surface area contributed by atoms with Crippen LogP contribution in [0.1, 0.15) is 65.7 Å². The zero-order valence-corrected chi connectivity index (χ0v) is 11.8. The van der Waals surface area contributed by atoms with Crippen LogP contribution in [0.2, 0.25) is 0 Å². The van der Waals surface area contributed by atoms with Crippen molar-refractivity contribution in [2.45, 2.75) is 71.6 Å². The van der Waals surface area contributed by atoms with Gasteiger partial charge >= 0.3 is 0 Å². The van der Waals surface area contributed by atoms with Gasteiger partial charge in [-0.15, -0.1) is 0 Å². The highest BCUT2D eigenvalue weighted by atomic mass is 19.3. The minimum atomic E-state index is -2.47. The third-order valence-corrected chi connectivity index (χ3v) is 3.97. The van der Waals surface area contributed by atoms with Crippen LogP contribution in [0.5, 0.6) is 0 Å². The molecule has 0 unspecified atom stereocenters. The molecule has 17 heavy (non-hydrogen) atoms. The third kappa shape index (κ3) is 6.35. The Morgan fingerprint density at radius 3 is 1.82 bits per heavy atom. The minimum Gasteiger partial charge on any atom is -0.384 e. The van der Waals surface area contributed by atoms with Crippen LogP contribution < -0.4 is 0 Å². The highest BCUT2D eigenvalue weighted by Gasteiger charge is 2.28. The van der Waals surface area contributed by atoms with E-state index in [0.717, 1.165) is 32.3 Å². The second-order valence-corrected chi connectivity index (χ2v) is 5.06. The summed E-state index contributed by atoms with van der Waals surface area (Å²) in [5, 5.41) is 0. The molecule has 0 aliphatic heterocycles. The quantitative estimate of drug-likeness (QED) is 0.493. The van der Waals surface area contributed by atoms with E-state index in [1.165, 1.54) is 0 Å². The van der Waals surface area contributed by atoms with Gasteiger partial charge in [0.1, 0.15) is 0 Å². The molecule has 1 nitrogen and oxygen atoms in total. The van der Waals surface area contributed by atoms with Gasteiger partial charge < -0.3 is 4.74 Å². The summed E-state index contributed by atoms with van der Waals surface area (Å²) in [6.07, 6.45) is 4.58. The maximum atomic E-state index is 13.1. The molecule has 0 aromatic carbocycles. The Bertz CT molecular complexity index is 189. The predicted molar refractivity (Wildman–Crippen MR) is 68.6 cm³/mol. The van der Waals surface area contributed by atoms with Gasteiger partial charge in [0, 0.05) is 20.0 Å². The largest absolute Gasteiger partial charge is 0.384 e. The Morgan fingerprint density at radius 2 is 1.41 bits per heavy atom. The van der Waals surface area contributed by atoms with Gasteiger partial charge in [0.2, 0.25) is 5.92 Å². The van der Waals surface area contributed by atoms with E-state index in [1.54, 1.807) is 14.0 Å². The van der Waals surface area contributed by atoms with Gasteiger partial charge in [-0.25, -0.2) is 8.78 Å². The highest BCUT2D eigenvalue weighted by molar-refractivity contribution is 4.76. The summed E-state index contributed by atoms with van der Waals surface area (Å²) in [6.45, 7) is 6.60. The number of hydrogen-bond acceptors (Lipinski definition) is 1. The molecule has 0 aromatic rings. The summed E-state index contributed by atoms with van der Waals surface area (Å²) < 4.78 is 31.4. The lowest BCUT2D eigenvalue weighted by Crippen LogP contribution is -2.25. The van der Waals surface area contributed by atoms with Gasteiger partial charge in [-0.3, -0.25) is 0 Å². The molecule has 0 radical (unpaired) electrons. The van der Waals surface area contributed by atoms with E-state index in [9.17, 15) is 8.78 Å². The van der Waals surface area contributed by atoms with E-state index < -0.39 is 5.92 Å². The Balaban J connectivity index is 3.98. The third-order valence-electron chi connectivity index (χ3n) is 3.97. The molecule has 0 rings (SSSR count). The molecule has 0 bridgehead atoms. The van der Waals surface area contributed by atoms with Gasteiger partial charge in [0.25, 0.3) is 0 Å². The van der Waals surface area contributed by atoms with Crippen molar-refractivity contribution in [3.05, 3.63) is 0 Å². The lowest BCUT2D eigenvalue weighted by atomic mass is 9.78. The Morgan fingerprint density at radius 1 is 0.882 bits per heavy atom. The monoisotopic (exact) mass is 250 g/mol. The van der Waals surface area contributed by atoms with Crippen LogP contribution in [-0.4, -0.2) is 19.6 Å². The molecule has 0 N–H and O–H groups in total. The SMILES string of the molecule is CCC(F)(F)CCCCC(CC)(CC)COC. The number of hydrogen-bond donors (Lipinski definition) is 0. The first-order valence-corrected chi connectivity index (χ1v) is 6.82. The highest BCUT2D eigenvalue weighted by Crippen LogP contribution is 2.34. The first-order chi connectivity index (χ1) is 7.95. The van der Waals surface area contributed by atoms with E-state index in [-0.39, 0.29) is 18.3 Å². The molecule has 0 saturated carbocycles. The van der Waals surface area contributed by atoms with Crippen molar-refractivity contribution in [2.24, 2.45) is 5.41 Å². The molecule has 0 aliphatic carbocycles. The summed E-state index contributed by atoms with van der Waals surface area (Å²) >= 11 is 0. The Labute approximate surface area is 105 Å². The topological polar surface area (TPSA) is 9.23 Å². The summed E-state index contributed by atoms with van der Waals surface area (Å²) in [4.78, 5) is 0. The van der Waals surface area contributed by atoms with Crippen LogP contribution in [0.25, 0.3) is 0 Å². The van der Waals surface area contributed by atoms with Crippen LogP contribution >= 0.6 is 0 Å². The maximum absolute atomic E-state index is 13.1. The van der Waals surface area contributed by atoms with E-state index >= 15 is 0 Å². The summed E-state index contributed by atoms with van der Waals surface area (Å²) in [5.41, 5.74) is 0.191. The smallest absolute Gasteiger partial charge is 0.247 e. The van der Waals surface area contributed by atoms with Crippen LogP contribution in [0.15, 0.2) is 0 Å². The Kier molecular flexibility index (Phi) is 7.93. The standard InChI is InChI=1S/C14H28F2O/c1-5-13(6-2,12-17-4)10-8-9-11-14(15,16)7-3/h5-12H2,1-4H3. The molecule has 0 spiro atoms. The van der Waals surface area contributed by atoms with E-state index in [2.05, 4.69) is 13.8 Å². The average Bonchev–Trinajstić information content (AvgIpc) is 2.33. The second-order valence-electron chi connectivity index (χ2n) is 5.06. The lowest BCUT2D eigenvalue weighted by molar-refractivity contribution is -0.0153. The predicted octanol–water partition coefficient (Wildman–Crippen LogP) is 5.04. The molecule has 0 heterocycles. The van der Waals surface area contributed by atoms with Crippen LogP contribution in [0.3, 0.4) is 0 Å². The van der Waals surface area contributed by atoms with Gasteiger partial charge in [-0.2, -0.15) is 0 Å². The van der Waals surface area contributed by atoms with Crippen molar-refractivity contribution in [3.8, 4) is 0 Å². The van der Waals surface area contributed by atoms with Gasteiger partial charge in [0.05, 0.1) is 6.61 Å². The molecule has 0 atom stereocenters. The molecular formula is C14H28F2O. The number of unbranched alkanes of at least 4 members (excludes halogenated alkanes) is 1. The number of ether oxygens (including phenoxy) is 1. The number of rotatable bonds is 10. The normalized spacial score (nSPS) is 13.1. The van der Waals surface area contributed by atoms with Gasteiger partial charge in [-0.05, 0) is 31.1 Å². The van der Waals surface area contributed by atoms with Crippen molar-refractivity contribution in [2.75, 3.05) is 13.7 Å². The summed E-state index contributed by atoms with van der Waals surface area (Å²) in [7, 11) is 1.71. The van der Waals surface area contributed by atoms with E-state index in [0.29, 0.717) is 6.42 Å². The van der Waals surface area contributed by atoms with Crippen molar-refractivity contribution < 1.29 is 13.5 Å². The number of alkyl halides is 2. The van der Waals surface area contributed by atoms with Crippen molar-refractivity contribution >= 4 is 0 Å². The molecule has 0 saturated heterocycles. The van der Waals surface area contributed by atoms with Crippen molar-refractivity contribution in [1.29, 1.82) is 0 Å². The number of halogens is 2. The van der Waals surface area contributed by atoms with Crippen LogP contribution in [0, 0.1) is 5.41 Å². The average molecular weight is 250 g/mol. The molecular weight excluding hydrogens is 222 g/mol. The summed E-state index contributed by atoms with van der Waals surface area (Å²) in [6, 6.07) is 0. The zero-order valence-electron chi connectivity index (χ0n) is 11.8. The molecule has 0 aromatic heterocycles. The number of methoxy groups -OCH3 is 1. The van der Waals surface area contributed by atoms with Gasteiger partial charge in [-0.1, -0.05) is 27.2 Å². The van der Waals surface area contributed by atoms with Crippen LogP contribution in [-0.2, 0) is 4.74 Å². The summed E-state index contributed by atoms with van der Waals surface area (Å²) in [5.74, 6) is -2.47. The fraction of sp³-hybridized carbons (Fsp3) is 1.00. The van der Waals surface area contributed by atoms with E-state index in [1.807, 2.05) is 0 Å². The fourth-order valence-corrected chi connectivity index (χ4v) is 2.25. The van der Waals surface area contributed by atoms with Gasteiger partial charge in [0.15, 0.2) is 0 Å². The Hall–Kier alpha value is -0.180. The second kappa shape index (κ2) is 8.02. The molecule has 104 valence electrons. The van der Waals surface area contributed by atoms with Crippen LogP contribution in [0.4, 0.5) is 8.78 Å². The maximum Gasteiger partial charge on any atom is 0.247 e. The first kappa shape index (κ1) is 16.8. The molecule has 0 amide bonds. The van der Waals surface area contributed by atoms with Crippen molar-refractivity contribution in [3.63, 3.8) is 0 Å². The molecule has 3 heteroatoms. The van der Waals surface area contributed by atoms with Crippen molar-refractivity contribution in [1.82, 2.24) is 0 Å². The fourth-order valence-electron chi connectivity index (χ4n) is 2.25. The minimum absolute atomic E-state index is 0.0278. The zero-order chi connectivity index (χ0) is 13.4. The first-order valence-electron chi connectivity index (χ1n) is 6.82. The lowest BCUT2D eigenvalue weighted by Gasteiger charge is -2.31. The molecule has 0 aliphatic rings.